The number of aryl methyl sites for hydroxylation is 1. The minimum atomic E-state index is -0.122. The molecule has 7 heteroatoms. The maximum Gasteiger partial charge on any atom is 0.255 e. The predicted octanol–water partition coefficient (Wildman–Crippen LogP) is 4.88. The molecule has 30 heavy (non-hydrogen) atoms. The van der Waals surface area contributed by atoms with Gasteiger partial charge in [0.15, 0.2) is 0 Å². The standard InChI is InChI=1S/C23H24Cl2N4O/c1-15-2-7-19(12-21(15)25)29-22(17-8-10-26-11-9-17)20(14-28-29)23(30)27-13-16-3-5-18(24)6-4-16/h2-7,12,14,17,26H,8-11,13H2,1H3,(H,27,30). The third-order valence-corrected chi connectivity index (χ3v) is 6.20. The molecule has 1 fully saturated rings. The molecule has 1 aliphatic rings. The Balaban J connectivity index is 1.64. The second-order valence-corrected chi connectivity index (χ2v) is 8.47. The molecule has 4 rings (SSSR count). The smallest absolute Gasteiger partial charge is 0.255 e. The van der Waals surface area contributed by atoms with Crippen molar-refractivity contribution in [2.24, 2.45) is 0 Å². The van der Waals surface area contributed by atoms with Crippen LogP contribution in [0.25, 0.3) is 5.69 Å². The molecule has 5 nitrogen and oxygen atoms in total. The first-order valence-electron chi connectivity index (χ1n) is 10.1. The minimum absolute atomic E-state index is 0.122. The number of carbonyl (C=O) groups excluding carboxylic acids is 1. The zero-order valence-corrected chi connectivity index (χ0v) is 18.3. The highest BCUT2D eigenvalue weighted by Gasteiger charge is 2.27. The first kappa shape index (κ1) is 20.9. The molecular weight excluding hydrogens is 419 g/mol. The van der Waals surface area contributed by atoms with E-state index in [1.807, 2.05) is 54.1 Å². The lowest BCUT2D eigenvalue weighted by molar-refractivity contribution is 0.0949. The minimum Gasteiger partial charge on any atom is -0.348 e. The second kappa shape index (κ2) is 9.21. The van der Waals surface area contributed by atoms with Crippen LogP contribution in [0.15, 0.2) is 48.7 Å². The number of nitrogens with zero attached hydrogens (tertiary/aromatic N) is 2. The number of nitrogens with one attached hydrogen (secondary N) is 2. The summed E-state index contributed by atoms with van der Waals surface area (Å²) < 4.78 is 1.87. The van der Waals surface area contributed by atoms with Gasteiger partial charge in [-0.15, -0.1) is 0 Å². The normalized spacial score (nSPS) is 14.6. The Morgan fingerprint density at radius 1 is 1.17 bits per heavy atom. The summed E-state index contributed by atoms with van der Waals surface area (Å²) in [6.07, 6.45) is 3.59. The third kappa shape index (κ3) is 4.53. The Labute approximate surface area is 186 Å². The van der Waals surface area contributed by atoms with Gasteiger partial charge in [-0.2, -0.15) is 5.10 Å². The highest BCUT2D eigenvalue weighted by Crippen LogP contribution is 2.31. The molecule has 0 atom stereocenters. The van der Waals surface area contributed by atoms with Crippen molar-refractivity contribution in [3.8, 4) is 5.69 Å². The van der Waals surface area contributed by atoms with Crippen LogP contribution in [0.1, 0.15) is 45.9 Å². The largest absolute Gasteiger partial charge is 0.348 e. The van der Waals surface area contributed by atoms with Gasteiger partial charge in [-0.05, 0) is 68.2 Å². The average Bonchev–Trinajstić information content (AvgIpc) is 3.21. The molecule has 1 aliphatic heterocycles. The van der Waals surface area contributed by atoms with E-state index in [2.05, 4.69) is 15.7 Å². The molecule has 1 amide bonds. The Morgan fingerprint density at radius 2 is 1.90 bits per heavy atom. The van der Waals surface area contributed by atoms with E-state index in [1.54, 1.807) is 6.20 Å². The molecule has 156 valence electrons. The van der Waals surface area contributed by atoms with E-state index >= 15 is 0 Å². The van der Waals surface area contributed by atoms with Crippen molar-refractivity contribution < 1.29 is 4.79 Å². The Bertz CT molecular complexity index is 1040. The summed E-state index contributed by atoms with van der Waals surface area (Å²) in [7, 11) is 0. The lowest BCUT2D eigenvalue weighted by atomic mass is 9.91. The van der Waals surface area contributed by atoms with Crippen molar-refractivity contribution >= 4 is 29.1 Å². The predicted molar refractivity (Wildman–Crippen MR) is 121 cm³/mol. The number of carbonyl (C=O) groups is 1. The van der Waals surface area contributed by atoms with Crippen LogP contribution in [-0.2, 0) is 6.54 Å². The number of hydrogen-bond donors (Lipinski definition) is 2. The SMILES string of the molecule is Cc1ccc(-n2ncc(C(=O)NCc3ccc(Cl)cc3)c2C2CCNCC2)cc1Cl. The van der Waals surface area contributed by atoms with Gasteiger partial charge in [-0.3, -0.25) is 4.79 Å². The zero-order valence-electron chi connectivity index (χ0n) is 16.8. The first-order valence-corrected chi connectivity index (χ1v) is 10.9. The van der Waals surface area contributed by atoms with E-state index in [9.17, 15) is 4.79 Å². The van der Waals surface area contributed by atoms with E-state index in [0.29, 0.717) is 22.2 Å². The fourth-order valence-electron chi connectivity index (χ4n) is 3.82. The fraction of sp³-hybridized carbons (Fsp3) is 0.304. The van der Waals surface area contributed by atoms with Gasteiger partial charge in [-0.25, -0.2) is 4.68 Å². The molecule has 2 aromatic carbocycles. The first-order chi connectivity index (χ1) is 14.5. The number of amides is 1. The van der Waals surface area contributed by atoms with Crippen molar-refractivity contribution in [1.29, 1.82) is 0 Å². The summed E-state index contributed by atoms with van der Waals surface area (Å²) in [6.45, 7) is 4.26. The molecule has 0 aliphatic carbocycles. The summed E-state index contributed by atoms with van der Waals surface area (Å²) in [5, 5.41) is 12.4. The number of rotatable bonds is 5. The van der Waals surface area contributed by atoms with E-state index < -0.39 is 0 Å². The lowest BCUT2D eigenvalue weighted by Crippen LogP contribution is -2.30. The van der Waals surface area contributed by atoms with E-state index in [1.165, 1.54) is 0 Å². The summed E-state index contributed by atoms with van der Waals surface area (Å²) in [5.74, 6) is 0.132. The van der Waals surface area contributed by atoms with Gasteiger partial charge >= 0.3 is 0 Å². The summed E-state index contributed by atoms with van der Waals surface area (Å²) in [5.41, 5.74) is 4.44. The molecule has 1 aromatic heterocycles. The topological polar surface area (TPSA) is 59.0 Å². The average molecular weight is 443 g/mol. The van der Waals surface area contributed by atoms with Crippen molar-refractivity contribution in [3.05, 3.63) is 81.1 Å². The number of piperidine rings is 1. The van der Waals surface area contributed by atoms with Gasteiger partial charge < -0.3 is 10.6 Å². The van der Waals surface area contributed by atoms with E-state index in [4.69, 9.17) is 23.2 Å². The summed E-state index contributed by atoms with van der Waals surface area (Å²) in [6, 6.07) is 13.3. The summed E-state index contributed by atoms with van der Waals surface area (Å²) in [4.78, 5) is 13.1. The van der Waals surface area contributed by atoms with E-state index in [-0.39, 0.29) is 11.8 Å². The highest BCUT2D eigenvalue weighted by atomic mass is 35.5. The molecule has 2 heterocycles. The van der Waals surface area contributed by atoms with E-state index in [0.717, 1.165) is 48.4 Å². The highest BCUT2D eigenvalue weighted by molar-refractivity contribution is 6.31. The molecule has 1 saturated heterocycles. The number of benzene rings is 2. The molecule has 0 spiro atoms. The van der Waals surface area contributed by atoms with Gasteiger partial charge in [0.25, 0.3) is 5.91 Å². The van der Waals surface area contributed by atoms with Crippen LogP contribution in [0.5, 0.6) is 0 Å². The van der Waals surface area contributed by atoms with Crippen LogP contribution in [0.4, 0.5) is 0 Å². The van der Waals surface area contributed by atoms with Gasteiger partial charge in [0.05, 0.1) is 23.1 Å². The van der Waals surface area contributed by atoms with Crippen molar-refractivity contribution in [2.45, 2.75) is 32.2 Å². The van der Waals surface area contributed by atoms with Crippen LogP contribution in [-0.4, -0.2) is 28.8 Å². The fourth-order valence-corrected chi connectivity index (χ4v) is 4.12. The molecule has 0 radical (unpaired) electrons. The zero-order chi connectivity index (χ0) is 21.1. The Morgan fingerprint density at radius 3 is 2.60 bits per heavy atom. The van der Waals surface area contributed by atoms with Crippen LogP contribution < -0.4 is 10.6 Å². The Hall–Kier alpha value is -2.34. The maximum atomic E-state index is 13.1. The van der Waals surface area contributed by atoms with Crippen LogP contribution in [0.3, 0.4) is 0 Å². The monoisotopic (exact) mass is 442 g/mol. The molecule has 0 saturated carbocycles. The van der Waals surface area contributed by atoms with Crippen molar-refractivity contribution in [2.75, 3.05) is 13.1 Å². The van der Waals surface area contributed by atoms with Gasteiger partial charge in [0.2, 0.25) is 0 Å². The molecule has 0 bridgehead atoms. The number of hydrogen-bond acceptors (Lipinski definition) is 3. The quantitative estimate of drug-likeness (QED) is 0.591. The number of aromatic nitrogens is 2. The van der Waals surface area contributed by atoms with Crippen molar-refractivity contribution in [3.63, 3.8) is 0 Å². The van der Waals surface area contributed by atoms with Crippen molar-refractivity contribution in [1.82, 2.24) is 20.4 Å². The molecular formula is C23H24Cl2N4O. The van der Waals surface area contributed by atoms with Gasteiger partial charge in [0, 0.05) is 22.5 Å². The third-order valence-electron chi connectivity index (χ3n) is 5.54. The van der Waals surface area contributed by atoms with Crippen LogP contribution >= 0.6 is 23.2 Å². The van der Waals surface area contributed by atoms with Gasteiger partial charge in [-0.1, -0.05) is 41.4 Å². The van der Waals surface area contributed by atoms with Crippen LogP contribution in [0.2, 0.25) is 10.0 Å². The van der Waals surface area contributed by atoms with Crippen LogP contribution in [0, 0.1) is 6.92 Å². The molecule has 2 N–H and O–H groups in total. The lowest BCUT2D eigenvalue weighted by Gasteiger charge is -2.25. The summed E-state index contributed by atoms with van der Waals surface area (Å²) >= 11 is 12.3. The Kier molecular flexibility index (Phi) is 6.42. The maximum absolute atomic E-state index is 13.1. The van der Waals surface area contributed by atoms with Gasteiger partial charge in [0.1, 0.15) is 0 Å². The number of halogens is 2. The second-order valence-electron chi connectivity index (χ2n) is 7.62. The molecule has 0 unspecified atom stereocenters. The molecule has 3 aromatic rings.